The first-order chi connectivity index (χ1) is 6.56. The molecular weight excluding hydrogens is 176 g/mol. The molecule has 2 N–H and O–H groups in total. The van der Waals surface area contributed by atoms with E-state index in [2.05, 4.69) is 17.6 Å². The molecule has 0 aromatic heterocycles. The van der Waals surface area contributed by atoms with Crippen molar-refractivity contribution in [3.8, 4) is 0 Å². The van der Waals surface area contributed by atoms with Gasteiger partial charge in [-0.2, -0.15) is 0 Å². The van der Waals surface area contributed by atoms with Crippen LogP contribution in [0.25, 0.3) is 0 Å². The van der Waals surface area contributed by atoms with E-state index in [1.54, 1.807) is 0 Å². The smallest absolute Gasteiger partial charge is 0.225 e. The van der Waals surface area contributed by atoms with Gasteiger partial charge in [-0.3, -0.25) is 4.79 Å². The first-order valence-corrected chi connectivity index (χ1v) is 5.58. The summed E-state index contributed by atoms with van der Waals surface area (Å²) in [4.78, 5) is 11.8. The molecule has 0 radical (unpaired) electrons. The fraction of sp³-hybridized carbons (Fsp3) is 0.909. The molecule has 0 saturated carbocycles. The lowest BCUT2D eigenvalue weighted by Crippen LogP contribution is -2.49. The number of piperidine rings is 1. The van der Waals surface area contributed by atoms with Crippen LogP contribution in [0.1, 0.15) is 40.0 Å². The molecule has 3 nitrogen and oxygen atoms in total. The van der Waals surface area contributed by atoms with Gasteiger partial charge in [0, 0.05) is 18.0 Å². The molecule has 0 aromatic rings. The van der Waals surface area contributed by atoms with Crippen LogP contribution in [0, 0.1) is 5.41 Å². The largest absolute Gasteiger partial charge is 0.352 e. The van der Waals surface area contributed by atoms with Crippen molar-refractivity contribution in [3.63, 3.8) is 0 Å². The first kappa shape index (κ1) is 11.5. The van der Waals surface area contributed by atoms with Crippen molar-refractivity contribution in [1.82, 2.24) is 10.6 Å². The third kappa shape index (κ3) is 2.98. The van der Waals surface area contributed by atoms with Gasteiger partial charge < -0.3 is 10.6 Å². The maximum Gasteiger partial charge on any atom is 0.225 e. The molecule has 1 saturated heterocycles. The number of amides is 1. The van der Waals surface area contributed by atoms with Gasteiger partial charge in [-0.15, -0.1) is 0 Å². The molecule has 0 bridgehead atoms. The normalized spacial score (nSPS) is 23.2. The lowest BCUT2D eigenvalue weighted by atomic mass is 9.88. The Morgan fingerprint density at radius 3 is 2.79 bits per heavy atom. The van der Waals surface area contributed by atoms with Crippen LogP contribution in [0.2, 0.25) is 0 Å². The Kier molecular flexibility index (Phi) is 3.93. The quantitative estimate of drug-likeness (QED) is 0.717. The van der Waals surface area contributed by atoms with E-state index in [1.807, 2.05) is 13.8 Å². The van der Waals surface area contributed by atoms with E-state index in [9.17, 15) is 4.79 Å². The van der Waals surface area contributed by atoms with Crippen LogP contribution >= 0.6 is 0 Å². The molecule has 1 aliphatic heterocycles. The maximum atomic E-state index is 11.8. The van der Waals surface area contributed by atoms with E-state index >= 15 is 0 Å². The zero-order valence-corrected chi connectivity index (χ0v) is 9.52. The van der Waals surface area contributed by atoms with Crippen LogP contribution in [0.3, 0.4) is 0 Å². The van der Waals surface area contributed by atoms with E-state index in [0.29, 0.717) is 6.04 Å². The van der Waals surface area contributed by atoms with Gasteiger partial charge in [0.25, 0.3) is 0 Å². The fourth-order valence-corrected chi connectivity index (χ4v) is 1.52. The van der Waals surface area contributed by atoms with Gasteiger partial charge in [-0.25, -0.2) is 0 Å². The minimum Gasteiger partial charge on any atom is -0.352 e. The van der Waals surface area contributed by atoms with Crippen LogP contribution in [0.15, 0.2) is 0 Å². The van der Waals surface area contributed by atoms with Crippen molar-refractivity contribution >= 4 is 5.91 Å². The Morgan fingerprint density at radius 1 is 1.57 bits per heavy atom. The van der Waals surface area contributed by atoms with Crippen LogP contribution < -0.4 is 10.6 Å². The van der Waals surface area contributed by atoms with Gasteiger partial charge >= 0.3 is 0 Å². The summed E-state index contributed by atoms with van der Waals surface area (Å²) >= 11 is 0. The number of hydrogen-bond donors (Lipinski definition) is 2. The van der Waals surface area contributed by atoms with Gasteiger partial charge in [0.2, 0.25) is 5.91 Å². The molecule has 0 aromatic carbocycles. The Bertz CT molecular complexity index is 195. The second-order valence-corrected chi connectivity index (χ2v) is 4.75. The lowest BCUT2D eigenvalue weighted by Gasteiger charge is -2.28. The minimum absolute atomic E-state index is 0.189. The molecule has 82 valence electrons. The molecule has 14 heavy (non-hydrogen) atoms. The van der Waals surface area contributed by atoms with Crippen molar-refractivity contribution < 1.29 is 4.79 Å². The molecule has 1 heterocycles. The van der Waals surface area contributed by atoms with Crippen LogP contribution in [0.5, 0.6) is 0 Å². The second kappa shape index (κ2) is 4.78. The van der Waals surface area contributed by atoms with E-state index in [0.717, 1.165) is 32.4 Å². The van der Waals surface area contributed by atoms with Crippen molar-refractivity contribution in [1.29, 1.82) is 0 Å². The number of rotatable bonds is 3. The number of carbonyl (C=O) groups excluding carboxylic acids is 1. The average molecular weight is 198 g/mol. The monoisotopic (exact) mass is 198 g/mol. The van der Waals surface area contributed by atoms with Gasteiger partial charge in [0.05, 0.1) is 0 Å². The zero-order chi connectivity index (χ0) is 10.6. The summed E-state index contributed by atoms with van der Waals surface area (Å²) in [6, 6.07) is 0.335. The number of carbonyl (C=O) groups is 1. The summed E-state index contributed by atoms with van der Waals surface area (Å²) in [5, 5.41) is 6.40. The van der Waals surface area contributed by atoms with E-state index in [-0.39, 0.29) is 11.3 Å². The standard InChI is InChI=1S/C11H22N2O/c1-4-11(2,3)10(14)13-9-6-5-7-12-8-9/h9,12H,4-8H2,1-3H3,(H,13,14). The van der Waals surface area contributed by atoms with Crippen molar-refractivity contribution in [2.24, 2.45) is 5.41 Å². The van der Waals surface area contributed by atoms with Crippen LogP contribution in [-0.4, -0.2) is 25.0 Å². The molecule has 3 heteroatoms. The summed E-state index contributed by atoms with van der Waals surface area (Å²) in [5.41, 5.74) is -0.225. The van der Waals surface area contributed by atoms with E-state index < -0.39 is 0 Å². The minimum atomic E-state index is -0.225. The average Bonchev–Trinajstić information content (AvgIpc) is 2.19. The molecule has 1 aliphatic rings. The van der Waals surface area contributed by atoms with Crippen molar-refractivity contribution in [2.45, 2.75) is 46.1 Å². The molecule has 1 fully saturated rings. The van der Waals surface area contributed by atoms with Crippen molar-refractivity contribution in [2.75, 3.05) is 13.1 Å². The summed E-state index contributed by atoms with van der Waals surface area (Å²) in [6.07, 6.45) is 3.16. The third-order valence-corrected chi connectivity index (χ3v) is 3.13. The SMILES string of the molecule is CCC(C)(C)C(=O)NC1CCCNC1. The Balaban J connectivity index is 2.39. The van der Waals surface area contributed by atoms with E-state index in [4.69, 9.17) is 0 Å². The highest BCUT2D eigenvalue weighted by Gasteiger charge is 2.27. The van der Waals surface area contributed by atoms with Gasteiger partial charge in [0.15, 0.2) is 0 Å². The Hall–Kier alpha value is -0.570. The predicted octanol–water partition coefficient (Wildman–Crippen LogP) is 1.29. The third-order valence-electron chi connectivity index (χ3n) is 3.13. The van der Waals surface area contributed by atoms with Gasteiger partial charge in [-0.05, 0) is 25.8 Å². The highest BCUT2D eigenvalue weighted by atomic mass is 16.2. The first-order valence-electron chi connectivity index (χ1n) is 5.58. The number of hydrogen-bond acceptors (Lipinski definition) is 2. The highest BCUT2D eigenvalue weighted by molar-refractivity contribution is 5.82. The topological polar surface area (TPSA) is 41.1 Å². The predicted molar refractivity (Wildman–Crippen MR) is 58.1 cm³/mol. The molecular formula is C11H22N2O. The second-order valence-electron chi connectivity index (χ2n) is 4.75. The Labute approximate surface area is 86.6 Å². The fourth-order valence-electron chi connectivity index (χ4n) is 1.52. The van der Waals surface area contributed by atoms with Gasteiger partial charge in [0.1, 0.15) is 0 Å². The van der Waals surface area contributed by atoms with Crippen molar-refractivity contribution in [3.05, 3.63) is 0 Å². The molecule has 1 amide bonds. The summed E-state index contributed by atoms with van der Waals surface area (Å²) in [7, 11) is 0. The highest BCUT2D eigenvalue weighted by Crippen LogP contribution is 2.20. The maximum absolute atomic E-state index is 11.8. The lowest BCUT2D eigenvalue weighted by molar-refractivity contribution is -0.130. The van der Waals surface area contributed by atoms with Gasteiger partial charge in [-0.1, -0.05) is 20.8 Å². The molecule has 0 aliphatic carbocycles. The van der Waals surface area contributed by atoms with Crippen LogP contribution in [-0.2, 0) is 4.79 Å². The molecule has 1 unspecified atom stereocenters. The van der Waals surface area contributed by atoms with Crippen LogP contribution in [0.4, 0.5) is 0 Å². The summed E-state index contributed by atoms with van der Waals surface area (Å²) in [6.45, 7) is 8.06. The summed E-state index contributed by atoms with van der Waals surface area (Å²) in [5.74, 6) is 0.189. The molecule has 1 rings (SSSR count). The molecule has 1 atom stereocenters. The van der Waals surface area contributed by atoms with E-state index in [1.165, 1.54) is 0 Å². The molecule has 0 spiro atoms. The Morgan fingerprint density at radius 2 is 2.29 bits per heavy atom. The summed E-state index contributed by atoms with van der Waals surface area (Å²) < 4.78 is 0. The number of nitrogens with one attached hydrogen (secondary N) is 2. The zero-order valence-electron chi connectivity index (χ0n) is 9.52.